The fraction of sp³-hybridized carbons (Fsp3) is 0.0556. The van der Waals surface area contributed by atoms with Crippen LogP contribution in [-0.2, 0) is 9.59 Å². The molecule has 132 valence electrons. The number of nitrogens with zero attached hydrogens (tertiary/aromatic N) is 1. The van der Waals surface area contributed by atoms with Crippen LogP contribution in [0.2, 0.25) is 0 Å². The molecule has 1 atom stereocenters. The Morgan fingerprint density at radius 2 is 1.81 bits per heavy atom. The predicted molar refractivity (Wildman–Crippen MR) is 89.4 cm³/mol. The zero-order valence-corrected chi connectivity index (χ0v) is 13.4. The van der Waals surface area contributed by atoms with E-state index in [-0.39, 0.29) is 5.75 Å². The Hall–Kier alpha value is -3.81. The summed E-state index contributed by atoms with van der Waals surface area (Å²) < 4.78 is 0. The van der Waals surface area contributed by atoms with E-state index in [2.05, 4.69) is 10.7 Å². The van der Waals surface area contributed by atoms with Gasteiger partial charge >= 0.3 is 0 Å². The van der Waals surface area contributed by atoms with E-state index < -0.39 is 23.9 Å². The molecule has 1 aliphatic heterocycles. The number of carboxylic acids is 1. The molecule has 0 bridgehead atoms. The molecule has 8 nitrogen and oxygen atoms in total. The number of rotatable bonds is 4. The number of hydrogen-bond donors (Lipinski definition) is 3. The zero-order chi connectivity index (χ0) is 18.7. The predicted octanol–water partition coefficient (Wildman–Crippen LogP) is 0.296. The summed E-state index contributed by atoms with van der Waals surface area (Å²) in [6.45, 7) is 0. The Morgan fingerprint density at radius 1 is 1.12 bits per heavy atom. The number of hydrogen-bond acceptors (Lipinski definition) is 6. The molecule has 2 aromatic rings. The molecule has 0 radical (unpaired) electrons. The van der Waals surface area contributed by atoms with Crippen molar-refractivity contribution in [3.05, 3.63) is 71.8 Å². The molecule has 0 saturated carbocycles. The van der Waals surface area contributed by atoms with Crippen molar-refractivity contribution in [3.63, 3.8) is 0 Å². The van der Waals surface area contributed by atoms with E-state index in [1.165, 1.54) is 12.1 Å². The molecule has 8 heteroatoms. The first-order valence-corrected chi connectivity index (χ1v) is 7.63. The lowest BCUT2D eigenvalue weighted by atomic mass is 10.0. The number of phenolic OH excluding ortho intramolecular Hbond substituents is 1. The Morgan fingerprint density at radius 3 is 2.50 bits per heavy atom. The zero-order valence-electron chi connectivity index (χ0n) is 13.4. The van der Waals surface area contributed by atoms with E-state index >= 15 is 0 Å². The van der Waals surface area contributed by atoms with Crippen molar-refractivity contribution in [2.45, 2.75) is 6.17 Å². The molecule has 0 fully saturated rings. The maximum atomic E-state index is 12.8. The first kappa shape index (κ1) is 17.0. The number of carboxylic acid groups (broad SMARTS) is 1. The van der Waals surface area contributed by atoms with Gasteiger partial charge < -0.3 is 20.3 Å². The molecule has 1 heterocycles. The molecule has 0 saturated heterocycles. The summed E-state index contributed by atoms with van der Waals surface area (Å²) in [5, 5.41) is 24.1. The quantitative estimate of drug-likeness (QED) is 0.680. The fourth-order valence-corrected chi connectivity index (χ4v) is 2.56. The molecule has 2 amide bonds. The highest BCUT2D eigenvalue weighted by atomic mass is 16.4. The summed E-state index contributed by atoms with van der Waals surface area (Å²) in [7, 11) is 0. The van der Waals surface area contributed by atoms with Gasteiger partial charge in [-0.05, 0) is 35.9 Å². The minimum atomic E-state index is -1.52. The normalized spacial score (nSPS) is 16.1. The van der Waals surface area contributed by atoms with Gasteiger partial charge in [-0.15, -0.1) is 0 Å². The van der Waals surface area contributed by atoms with Gasteiger partial charge in [0.25, 0.3) is 11.8 Å². The summed E-state index contributed by atoms with van der Waals surface area (Å²) in [6, 6.07) is 12.9. The van der Waals surface area contributed by atoms with Gasteiger partial charge in [0, 0.05) is 11.8 Å². The van der Waals surface area contributed by atoms with Gasteiger partial charge in [-0.25, -0.2) is 5.01 Å². The SMILES string of the molecule is O=C([O-])/C=C/C(=O)NN1C(=O)c2ccccc2N[C@H]1c1ccc(O)cc1. The number of fused-ring (bicyclic) bond motifs is 1. The number of nitrogens with one attached hydrogen (secondary N) is 2. The Bertz CT molecular complexity index is 892. The first-order chi connectivity index (χ1) is 12.5. The molecule has 0 aromatic heterocycles. The van der Waals surface area contributed by atoms with Gasteiger partial charge in [-0.3, -0.25) is 15.0 Å². The second-order valence-electron chi connectivity index (χ2n) is 5.49. The summed E-state index contributed by atoms with van der Waals surface area (Å²) >= 11 is 0. The Labute approximate surface area is 148 Å². The summed E-state index contributed by atoms with van der Waals surface area (Å²) in [5.41, 5.74) is 3.92. The van der Waals surface area contributed by atoms with Crippen molar-refractivity contribution >= 4 is 23.5 Å². The number of hydrazine groups is 1. The fourth-order valence-electron chi connectivity index (χ4n) is 2.56. The third-order valence-electron chi connectivity index (χ3n) is 3.74. The van der Waals surface area contributed by atoms with Gasteiger partial charge in [0.2, 0.25) is 0 Å². The first-order valence-electron chi connectivity index (χ1n) is 7.63. The molecule has 0 aliphatic carbocycles. The average molecular weight is 352 g/mol. The van der Waals surface area contributed by atoms with Gasteiger partial charge in [0.1, 0.15) is 11.9 Å². The Kier molecular flexibility index (Phi) is 4.57. The minimum absolute atomic E-state index is 0.0590. The number of anilines is 1. The van der Waals surface area contributed by atoms with E-state index in [9.17, 15) is 24.6 Å². The lowest BCUT2D eigenvalue weighted by Gasteiger charge is -2.37. The number of carbonyl (C=O) groups is 3. The third kappa shape index (κ3) is 3.48. The van der Waals surface area contributed by atoms with Gasteiger partial charge in [0.15, 0.2) is 0 Å². The van der Waals surface area contributed by atoms with Gasteiger partial charge in [-0.1, -0.05) is 24.3 Å². The van der Waals surface area contributed by atoms with Crippen LogP contribution in [0.25, 0.3) is 0 Å². The van der Waals surface area contributed by atoms with E-state index in [1.54, 1.807) is 36.4 Å². The van der Waals surface area contributed by atoms with Crippen LogP contribution < -0.4 is 15.8 Å². The molecule has 3 rings (SSSR count). The van der Waals surface area contributed by atoms with Crippen LogP contribution in [0.3, 0.4) is 0 Å². The van der Waals surface area contributed by atoms with E-state index in [0.29, 0.717) is 22.9 Å². The van der Waals surface area contributed by atoms with Crippen LogP contribution >= 0.6 is 0 Å². The average Bonchev–Trinajstić information content (AvgIpc) is 2.63. The second-order valence-corrected chi connectivity index (χ2v) is 5.49. The van der Waals surface area contributed by atoms with Crippen molar-refractivity contribution in [1.82, 2.24) is 10.4 Å². The monoisotopic (exact) mass is 352 g/mol. The summed E-state index contributed by atoms with van der Waals surface area (Å²) in [6.07, 6.45) is 0.579. The smallest absolute Gasteiger partial charge is 0.276 e. The molecule has 0 spiro atoms. The number of aliphatic carboxylic acids is 1. The van der Waals surface area contributed by atoms with Crippen LogP contribution in [0.5, 0.6) is 5.75 Å². The highest BCUT2D eigenvalue weighted by Gasteiger charge is 2.33. The van der Waals surface area contributed by atoms with Crippen molar-refractivity contribution < 1.29 is 24.6 Å². The number of para-hydroxylation sites is 1. The molecule has 3 N–H and O–H groups in total. The standard InChI is InChI=1S/C18H15N3O5/c22-12-7-5-11(6-8-12)17-19-14-4-2-1-3-13(14)18(26)21(17)20-15(23)9-10-16(24)25/h1-10,17,19,22H,(H,20,23)(H,24,25)/p-1/b10-9+/t17-/m1/s1. The van der Waals surface area contributed by atoms with Crippen molar-refractivity contribution in [2.75, 3.05) is 5.32 Å². The van der Waals surface area contributed by atoms with E-state index in [4.69, 9.17) is 0 Å². The van der Waals surface area contributed by atoms with Crippen LogP contribution in [0.4, 0.5) is 5.69 Å². The highest BCUT2D eigenvalue weighted by Crippen LogP contribution is 2.32. The number of amides is 2. The molecule has 2 aromatic carbocycles. The number of aromatic hydroxyl groups is 1. The van der Waals surface area contributed by atoms with Crippen LogP contribution in [0.1, 0.15) is 22.1 Å². The van der Waals surface area contributed by atoms with Crippen molar-refractivity contribution in [1.29, 1.82) is 0 Å². The van der Waals surface area contributed by atoms with Gasteiger partial charge in [-0.2, -0.15) is 0 Å². The largest absolute Gasteiger partial charge is 0.545 e. The van der Waals surface area contributed by atoms with Crippen molar-refractivity contribution in [3.8, 4) is 5.75 Å². The minimum Gasteiger partial charge on any atom is -0.545 e. The van der Waals surface area contributed by atoms with Crippen molar-refractivity contribution in [2.24, 2.45) is 0 Å². The second kappa shape index (κ2) is 6.98. The molecule has 1 aliphatic rings. The Balaban J connectivity index is 1.96. The molecule has 0 unspecified atom stereocenters. The maximum Gasteiger partial charge on any atom is 0.276 e. The number of benzene rings is 2. The summed E-state index contributed by atoms with van der Waals surface area (Å²) in [4.78, 5) is 35.2. The molecule has 26 heavy (non-hydrogen) atoms. The lowest BCUT2D eigenvalue weighted by Crippen LogP contribution is -2.52. The summed E-state index contributed by atoms with van der Waals surface area (Å²) in [5.74, 6) is -2.73. The van der Waals surface area contributed by atoms with E-state index in [1.807, 2.05) is 0 Å². The maximum absolute atomic E-state index is 12.8. The molecular formula is C18H14N3O5-. The van der Waals surface area contributed by atoms with Crippen LogP contribution in [-0.4, -0.2) is 27.9 Å². The topological polar surface area (TPSA) is 122 Å². The molecular weight excluding hydrogens is 338 g/mol. The van der Waals surface area contributed by atoms with Crippen LogP contribution in [0, 0.1) is 0 Å². The number of carbonyl (C=O) groups excluding carboxylic acids is 3. The highest BCUT2D eigenvalue weighted by molar-refractivity contribution is 6.03. The number of phenols is 1. The third-order valence-corrected chi connectivity index (χ3v) is 3.74. The van der Waals surface area contributed by atoms with E-state index in [0.717, 1.165) is 11.1 Å². The van der Waals surface area contributed by atoms with Gasteiger partial charge in [0.05, 0.1) is 11.5 Å². The van der Waals surface area contributed by atoms with Crippen LogP contribution in [0.15, 0.2) is 60.7 Å². The lowest BCUT2D eigenvalue weighted by molar-refractivity contribution is -0.297.